The van der Waals surface area contributed by atoms with E-state index in [0.29, 0.717) is 18.3 Å². The molecule has 0 amide bonds. The van der Waals surface area contributed by atoms with Crippen LogP contribution in [0.4, 0.5) is 5.82 Å². The van der Waals surface area contributed by atoms with Crippen molar-refractivity contribution in [2.24, 2.45) is 5.92 Å². The quantitative estimate of drug-likeness (QED) is 0.662. The van der Waals surface area contributed by atoms with E-state index in [9.17, 15) is 4.79 Å². The standard InChI is InChI=1S/C20H24N8O/c29-19-6-5-18(28-14-21-12-24-28)25-27(19)11-15-7-9-26(10-8-15)20-16-3-1-2-4-17(16)22-13-23-20/h5-6,12-15H,1-4,7-11H2. The maximum atomic E-state index is 12.3. The third-order valence-electron chi connectivity index (χ3n) is 5.95. The molecule has 0 unspecified atom stereocenters. The number of rotatable bonds is 4. The molecule has 1 saturated heterocycles. The number of hydrogen-bond acceptors (Lipinski definition) is 7. The molecular weight excluding hydrogens is 368 g/mol. The topological polar surface area (TPSA) is 94.6 Å². The maximum absolute atomic E-state index is 12.3. The monoisotopic (exact) mass is 392 g/mol. The molecule has 0 atom stereocenters. The van der Waals surface area contributed by atoms with Gasteiger partial charge in [0.05, 0.1) is 0 Å². The molecule has 2 aliphatic rings. The average Bonchev–Trinajstić information content (AvgIpc) is 3.30. The minimum absolute atomic E-state index is 0.0823. The summed E-state index contributed by atoms with van der Waals surface area (Å²) >= 11 is 0. The first-order valence-corrected chi connectivity index (χ1v) is 10.3. The smallest absolute Gasteiger partial charge is 0.266 e. The fourth-order valence-corrected chi connectivity index (χ4v) is 4.37. The van der Waals surface area contributed by atoms with E-state index in [1.54, 1.807) is 34.2 Å². The van der Waals surface area contributed by atoms with Crippen LogP contribution in [0.5, 0.6) is 0 Å². The Bertz CT molecular complexity index is 1040. The second-order valence-electron chi connectivity index (χ2n) is 7.81. The third kappa shape index (κ3) is 3.64. The Morgan fingerprint density at radius 1 is 1.03 bits per heavy atom. The SMILES string of the molecule is O=c1ccc(-n2cncn2)nn1CC1CCN(c2ncnc3c2CCCC3)CC1. The molecule has 4 heterocycles. The molecule has 3 aromatic rings. The van der Waals surface area contributed by atoms with Crippen LogP contribution in [0.1, 0.15) is 36.9 Å². The van der Waals surface area contributed by atoms with Gasteiger partial charge >= 0.3 is 0 Å². The highest BCUT2D eigenvalue weighted by Crippen LogP contribution is 2.30. The number of hydrogen-bond donors (Lipinski definition) is 0. The van der Waals surface area contributed by atoms with Crippen molar-refractivity contribution in [1.29, 1.82) is 0 Å². The van der Waals surface area contributed by atoms with Gasteiger partial charge in [-0.2, -0.15) is 5.10 Å². The van der Waals surface area contributed by atoms with Crippen molar-refractivity contribution < 1.29 is 0 Å². The van der Waals surface area contributed by atoms with Crippen LogP contribution in [0.15, 0.2) is 35.9 Å². The normalized spacial score (nSPS) is 17.3. The average molecular weight is 392 g/mol. The molecule has 3 aromatic heterocycles. The minimum atomic E-state index is -0.0823. The summed E-state index contributed by atoms with van der Waals surface area (Å²) in [5.41, 5.74) is 2.49. The highest BCUT2D eigenvalue weighted by Gasteiger charge is 2.25. The molecule has 29 heavy (non-hydrogen) atoms. The van der Waals surface area contributed by atoms with Crippen molar-refractivity contribution in [1.82, 2.24) is 34.5 Å². The summed E-state index contributed by atoms with van der Waals surface area (Å²) < 4.78 is 3.13. The molecule has 150 valence electrons. The Morgan fingerprint density at radius 2 is 1.90 bits per heavy atom. The second kappa shape index (κ2) is 7.73. The van der Waals surface area contributed by atoms with E-state index in [1.165, 1.54) is 30.4 Å². The van der Waals surface area contributed by atoms with E-state index < -0.39 is 0 Å². The van der Waals surface area contributed by atoms with Crippen molar-refractivity contribution in [3.63, 3.8) is 0 Å². The van der Waals surface area contributed by atoms with Crippen molar-refractivity contribution >= 4 is 5.82 Å². The van der Waals surface area contributed by atoms with Crippen LogP contribution in [0.25, 0.3) is 5.82 Å². The number of fused-ring (bicyclic) bond motifs is 1. The fourth-order valence-electron chi connectivity index (χ4n) is 4.37. The van der Waals surface area contributed by atoms with E-state index in [4.69, 9.17) is 0 Å². The predicted octanol–water partition coefficient (Wildman–Crippen LogP) is 1.41. The lowest BCUT2D eigenvalue weighted by Crippen LogP contribution is -2.38. The lowest BCUT2D eigenvalue weighted by atomic mass is 9.93. The summed E-state index contributed by atoms with van der Waals surface area (Å²) in [6.07, 6.45) is 11.4. The molecule has 0 N–H and O–H groups in total. The van der Waals surface area contributed by atoms with Crippen molar-refractivity contribution in [3.8, 4) is 5.82 Å². The Hall–Kier alpha value is -3.10. The summed E-state index contributed by atoms with van der Waals surface area (Å²) in [4.78, 5) is 27.7. The number of nitrogens with zero attached hydrogens (tertiary/aromatic N) is 8. The molecule has 0 saturated carbocycles. The third-order valence-corrected chi connectivity index (χ3v) is 5.95. The van der Waals surface area contributed by atoms with E-state index in [2.05, 4.69) is 30.0 Å². The van der Waals surface area contributed by atoms with Crippen LogP contribution >= 0.6 is 0 Å². The number of piperidine rings is 1. The zero-order valence-corrected chi connectivity index (χ0v) is 16.3. The second-order valence-corrected chi connectivity index (χ2v) is 7.81. The summed E-state index contributed by atoms with van der Waals surface area (Å²) in [7, 11) is 0. The van der Waals surface area contributed by atoms with E-state index in [0.717, 1.165) is 44.6 Å². The summed E-state index contributed by atoms with van der Waals surface area (Å²) in [5, 5.41) is 8.57. The van der Waals surface area contributed by atoms with Gasteiger partial charge < -0.3 is 4.90 Å². The first kappa shape index (κ1) is 18.0. The lowest BCUT2D eigenvalue weighted by Gasteiger charge is -2.34. The van der Waals surface area contributed by atoms with Gasteiger partial charge in [0.1, 0.15) is 24.8 Å². The van der Waals surface area contributed by atoms with Gasteiger partial charge in [0, 0.05) is 37.0 Å². The van der Waals surface area contributed by atoms with Gasteiger partial charge in [-0.15, -0.1) is 5.10 Å². The molecule has 9 nitrogen and oxygen atoms in total. The molecule has 0 bridgehead atoms. The van der Waals surface area contributed by atoms with Gasteiger partial charge in [0.15, 0.2) is 5.82 Å². The number of aromatic nitrogens is 7. The first-order valence-electron chi connectivity index (χ1n) is 10.3. The van der Waals surface area contributed by atoms with Gasteiger partial charge in [-0.25, -0.2) is 24.3 Å². The minimum Gasteiger partial charge on any atom is -0.356 e. The zero-order chi connectivity index (χ0) is 19.6. The Morgan fingerprint density at radius 3 is 2.72 bits per heavy atom. The van der Waals surface area contributed by atoms with Crippen LogP contribution in [0, 0.1) is 5.92 Å². The molecule has 1 aliphatic carbocycles. The molecule has 0 spiro atoms. The Balaban J connectivity index is 1.28. The van der Waals surface area contributed by atoms with Gasteiger partial charge in [-0.3, -0.25) is 4.79 Å². The van der Waals surface area contributed by atoms with E-state index >= 15 is 0 Å². The van der Waals surface area contributed by atoms with Gasteiger partial charge in [-0.05, 0) is 50.5 Å². The van der Waals surface area contributed by atoms with Crippen LogP contribution in [0.2, 0.25) is 0 Å². The van der Waals surface area contributed by atoms with Crippen LogP contribution < -0.4 is 10.5 Å². The van der Waals surface area contributed by atoms with Gasteiger partial charge in [0.25, 0.3) is 5.56 Å². The van der Waals surface area contributed by atoms with E-state index in [1.807, 2.05) is 0 Å². The van der Waals surface area contributed by atoms with Crippen LogP contribution in [0.3, 0.4) is 0 Å². The van der Waals surface area contributed by atoms with Crippen LogP contribution in [-0.2, 0) is 19.4 Å². The molecule has 1 aliphatic heterocycles. The molecule has 0 radical (unpaired) electrons. The predicted molar refractivity (Wildman–Crippen MR) is 107 cm³/mol. The maximum Gasteiger partial charge on any atom is 0.266 e. The molecule has 0 aromatic carbocycles. The molecular formula is C20H24N8O. The highest BCUT2D eigenvalue weighted by atomic mass is 16.1. The van der Waals surface area contributed by atoms with Crippen molar-refractivity contribution in [2.75, 3.05) is 18.0 Å². The fraction of sp³-hybridized carbons (Fsp3) is 0.500. The highest BCUT2D eigenvalue weighted by molar-refractivity contribution is 5.49. The number of anilines is 1. The number of aryl methyl sites for hydroxylation is 1. The van der Waals surface area contributed by atoms with Crippen molar-refractivity contribution in [3.05, 3.63) is 52.7 Å². The summed E-state index contributed by atoms with van der Waals surface area (Å²) in [6, 6.07) is 3.22. The van der Waals surface area contributed by atoms with Crippen molar-refractivity contribution in [2.45, 2.75) is 45.1 Å². The molecule has 9 heteroatoms. The van der Waals surface area contributed by atoms with E-state index in [-0.39, 0.29) is 5.56 Å². The van der Waals surface area contributed by atoms with Gasteiger partial charge in [-0.1, -0.05) is 0 Å². The zero-order valence-electron chi connectivity index (χ0n) is 16.3. The summed E-state index contributed by atoms with van der Waals surface area (Å²) in [6.45, 7) is 2.52. The lowest BCUT2D eigenvalue weighted by molar-refractivity contribution is 0.333. The first-order chi connectivity index (χ1) is 14.3. The molecule has 5 rings (SSSR count). The Kier molecular flexibility index (Phi) is 4.79. The Labute approximate surface area is 168 Å². The molecule has 1 fully saturated rings. The largest absolute Gasteiger partial charge is 0.356 e. The summed E-state index contributed by atoms with van der Waals surface area (Å²) in [5.74, 6) is 2.14. The van der Waals surface area contributed by atoms with Crippen LogP contribution in [-0.4, -0.2) is 47.6 Å². The van der Waals surface area contributed by atoms with Gasteiger partial charge in [0.2, 0.25) is 0 Å².